The highest BCUT2D eigenvalue weighted by Crippen LogP contribution is 2.68. The fourth-order valence-electron chi connectivity index (χ4n) is 5.98. The fourth-order valence-corrected chi connectivity index (χ4v) is 5.98. The lowest BCUT2D eigenvalue weighted by Crippen LogP contribution is -2.69. The van der Waals surface area contributed by atoms with Crippen LogP contribution in [0.1, 0.15) is 68.6 Å². The lowest BCUT2D eigenvalue weighted by molar-refractivity contribution is -0.1000. The van der Waals surface area contributed by atoms with Crippen LogP contribution in [-0.4, -0.2) is 37.7 Å². The molecule has 7 heteroatoms. The first-order valence-corrected chi connectivity index (χ1v) is 9.18. The van der Waals surface area contributed by atoms with Gasteiger partial charge in [0.25, 0.3) is 5.91 Å². The first-order valence-electron chi connectivity index (χ1n) is 9.18. The molecular weight excluding hydrogens is 318 g/mol. The van der Waals surface area contributed by atoms with Gasteiger partial charge in [0.05, 0.1) is 11.2 Å². The van der Waals surface area contributed by atoms with Crippen LogP contribution in [-0.2, 0) is 0 Å². The SMILES string of the molecule is CC12CC(Nc3nc(NC45CCC(O)(CC4)C5)ncc3C(N)=O)(C1)C2. The minimum atomic E-state index is -0.525. The third-order valence-corrected chi connectivity index (χ3v) is 6.92. The molecule has 5 aliphatic rings. The van der Waals surface area contributed by atoms with E-state index in [1.807, 2.05) is 0 Å². The van der Waals surface area contributed by atoms with Gasteiger partial charge in [-0.05, 0) is 56.8 Å². The molecule has 0 unspecified atom stereocenters. The third-order valence-electron chi connectivity index (χ3n) is 6.92. The van der Waals surface area contributed by atoms with E-state index >= 15 is 0 Å². The Hall–Kier alpha value is -1.89. The molecule has 0 spiro atoms. The number of fused-ring (bicyclic) bond motifs is 2. The van der Waals surface area contributed by atoms with Crippen molar-refractivity contribution < 1.29 is 9.90 Å². The Morgan fingerprint density at radius 1 is 1.12 bits per heavy atom. The van der Waals surface area contributed by atoms with Crippen LogP contribution in [0.3, 0.4) is 0 Å². The Morgan fingerprint density at radius 3 is 2.32 bits per heavy atom. The molecule has 5 fully saturated rings. The van der Waals surface area contributed by atoms with Crippen molar-refractivity contribution >= 4 is 17.7 Å². The lowest BCUT2D eigenvalue weighted by Gasteiger charge is -2.69. The van der Waals surface area contributed by atoms with Crippen LogP contribution in [0.15, 0.2) is 6.20 Å². The van der Waals surface area contributed by atoms with Crippen LogP contribution in [0.25, 0.3) is 0 Å². The second-order valence-electron chi connectivity index (χ2n) is 9.37. The van der Waals surface area contributed by atoms with Crippen molar-refractivity contribution in [2.45, 2.75) is 75.0 Å². The number of amides is 1. The fraction of sp³-hybridized carbons (Fsp3) is 0.722. The van der Waals surface area contributed by atoms with Crippen molar-refractivity contribution in [1.82, 2.24) is 9.97 Å². The van der Waals surface area contributed by atoms with Crippen LogP contribution in [0, 0.1) is 5.41 Å². The summed E-state index contributed by atoms with van der Waals surface area (Å²) in [5.74, 6) is 0.534. The molecule has 0 atom stereocenters. The van der Waals surface area contributed by atoms with E-state index in [0.717, 1.165) is 51.4 Å². The maximum Gasteiger partial charge on any atom is 0.254 e. The predicted molar refractivity (Wildman–Crippen MR) is 93.3 cm³/mol. The van der Waals surface area contributed by atoms with Crippen molar-refractivity contribution in [2.75, 3.05) is 10.6 Å². The average Bonchev–Trinajstić information content (AvgIpc) is 2.97. The molecule has 6 rings (SSSR count). The zero-order chi connectivity index (χ0) is 17.5. The highest BCUT2D eigenvalue weighted by molar-refractivity contribution is 5.97. The molecule has 5 saturated carbocycles. The second kappa shape index (κ2) is 4.44. The number of carbonyl (C=O) groups excluding carboxylic acids is 1. The van der Waals surface area contributed by atoms with E-state index in [9.17, 15) is 9.90 Å². The molecule has 0 aliphatic heterocycles. The Labute approximate surface area is 146 Å². The Kier molecular flexibility index (Phi) is 2.73. The van der Waals surface area contributed by atoms with Crippen molar-refractivity contribution in [3.8, 4) is 0 Å². The van der Waals surface area contributed by atoms with E-state index in [2.05, 4.69) is 27.5 Å². The van der Waals surface area contributed by atoms with Crippen LogP contribution in [0.5, 0.6) is 0 Å². The number of nitrogens with two attached hydrogens (primary N) is 1. The molecule has 1 aromatic rings. The highest BCUT2D eigenvalue weighted by Gasteiger charge is 2.65. The van der Waals surface area contributed by atoms with Gasteiger partial charge in [-0.15, -0.1) is 0 Å². The van der Waals surface area contributed by atoms with Gasteiger partial charge in [-0.2, -0.15) is 4.98 Å². The van der Waals surface area contributed by atoms with E-state index in [1.54, 1.807) is 0 Å². The Bertz CT molecular complexity index is 749. The molecule has 0 saturated heterocycles. The van der Waals surface area contributed by atoms with Crippen molar-refractivity contribution in [3.63, 3.8) is 0 Å². The summed E-state index contributed by atoms with van der Waals surface area (Å²) in [6.45, 7) is 2.29. The first kappa shape index (κ1) is 15.4. The number of aromatic nitrogens is 2. The van der Waals surface area contributed by atoms with Gasteiger partial charge in [-0.1, -0.05) is 6.92 Å². The van der Waals surface area contributed by atoms with Crippen LogP contribution < -0.4 is 16.4 Å². The maximum absolute atomic E-state index is 11.8. The van der Waals surface area contributed by atoms with Gasteiger partial charge in [0.1, 0.15) is 5.82 Å². The molecule has 5 N–H and O–H groups in total. The van der Waals surface area contributed by atoms with Gasteiger partial charge in [-0.25, -0.2) is 4.98 Å². The molecular formula is C18H25N5O2. The molecule has 1 amide bonds. The topological polar surface area (TPSA) is 113 Å². The zero-order valence-corrected chi connectivity index (χ0v) is 14.6. The van der Waals surface area contributed by atoms with E-state index in [0.29, 0.717) is 22.7 Å². The van der Waals surface area contributed by atoms with Crippen molar-refractivity contribution in [2.24, 2.45) is 11.1 Å². The summed E-state index contributed by atoms with van der Waals surface area (Å²) in [5.41, 5.74) is 5.74. The van der Waals surface area contributed by atoms with Gasteiger partial charge < -0.3 is 21.5 Å². The molecule has 1 aromatic heterocycles. The first-order chi connectivity index (χ1) is 11.7. The standard InChI is InChI=1S/C18H25N5O2/c1-15-7-17(8-15,9-15)22-13-11(12(19)24)6-20-14(21-13)23-16-2-4-18(25,10-16)5-3-16/h6,25H,2-5,7-10H2,1H3,(H2,19,24)(H2,20,21,22,23). The summed E-state index contributed by atoms with van der Waals surface area (Å²) in [7, 11) is 0. The Balaban J connectivity index is 1.40. The second-order valence-corrected chi connectivity index (χ2v) is 9.37. The lowest BCUT2D eigenvalue weighted by atomic mass is 9.40. The number of hydrogen-bond donors (Lipinski definition) is 4. The van der Waals surface area contributed by atoms with E-state index in [4.69, 9.17) is 5.73 Å². The van der Waals surface area contributed by atoms with Gasteiger partial charge in [0, 0.05) is 17.3 Å². The monoisotopic (exact) mass is 343 g/mol. The molecule has 0 aromatic carbocycles. The van der Waals surface area contributed by atoms with Crippen LogP contribution in [0.2, 0.25) is 0 Å². The molecule has 7 nitrogen and oxygen atoms in total. The van der Waals surface area contributed by atoms with E-state index < -0.39 is 11.5 Å². The number of hydrogen-bond acceptors (Lipinski definition) is 6. The number of aliphatic hydroxyl groups is 1. The molecule has 25 heavy (non-hydrogen) atoms. The summed E-state index contributed by atoms with van der Waals surface area (Å²) < 4.78 is 0. The molecule has 5 aliphatic carbocycles. The van der Waals surface area contributed by atoms with Crippen molar-refractivity contribution in [3.05, 3.63) is 11.8 Å². The number of rotatable bonds is 5. The average molecular weight is 343 g/mol. The molecule has 0 radical (unpaired) electrons. The summed E-state index contributed by atoms with van der Waals surface area (Å²) >= 11 is 0. The molecule has 134 valence electrons. The smallest absolute Gasteiger partial charge is 0.254 e. The Morgan fingerprint density at radius 2 is 1.80 bits per heavy atom. The van der Waals surface area contributed by atoms with Gasteiger partial charge in [0.2, 0.25) is 5.95 Å². The summed E-state index contributed by atoms with van der Waals surface area (Å²) in [6.07, 6.45) is 9.10. The third kappa shape index (κ3) is 2.25. The minimum absolute atomic E-state index is 0.0732. The number of nitrogens with zero attached hydrogens (tertiary/aromatic N) is 2. The number of nitrogens with one attached hydrogen (secondary N) is 2. The van der Waals surface area contributed by atoms with Crippen LogP contribution >= 0.6 is 0 Å². The normalized spacial score (nSPS) is 43.3. The summed E-state index contributed by atoms with van der Waals surface area (Å²) in [5, 5.41) is 17.3. The van der Waals surface area contributed by atoms with Gasteiger partial charge in [0.15, 0.2) is 0 Å². The number of primary amides is 1. The quantitative estimate of drug-likeness (QED) is 0.648. The molecule has 4 bridgehead atoms. The van der Waals surface area contributed by atoms with Crippen molar-refractivity contribution in [1.29, 1.82) is 0 Å². The summed E-state index contributed by atoms with van der Waals surface area (Å²) in [6, 6.07) is 0. The maximum atomic E-state index is 11.8. The number of carbonyl (C=O) groups is 1. The van der Waals surface area contributed by atoms with E-state index in [1.165, 1.54) is 6.20 Å². The zero-order valence-electron chi connectivity index (χ0n) is 14.6. The van der Waals surface area contributed by atoms with E-state index in [-0.39, 0.29) is 11.1 Å². The largest absolute Gasteiger partial charge is 0.390 e. The van der Waals surface area contributed by atoms with Crippen LogP contribution in [0.4, 0.5) is 11.8 Å². The summed E-state index contributed by atoms with van der Waals surface area (Å²) in [4.78, 5) is 20.7. The highest BCUT2D eigenvalue weighted by atomic mass is 16.3. The molecule has 1 heterocycles. The number of anilines is 2. The minimum Gasteiger partial charge on any atom is -0.390 e. The van der Waals surface area contributed by atoms with Gasteiger partial charge >= 0.3 is 0 Å². The predicted octanol–water partition coefficient (Wildman–Crippen LogP) is 1.79. The van der Waals surface area contributed by atoms with Gasteiger partial charge in [-0.3, -0.25) is 4.79 Å².